The first-order valence-electron chi connectivity index (χ1n) is 44.7. The van der Waals surface area contributed by atoms with Gasteiger partial charge in [0.1, 0.15) is 0 Å². The van der Waals surface area contributed by atoms with Crippen LogP contribution in [0.15, 0.2) is 0 Å². The van der Waals surface area contributed by atoms with E-state index in [0.717, 1.165) is 39.4 Å². The van der Waals surface area contributed by atoms with Gasteiger partial charge in [-0.25, -0.2) is 0 Å². The number of carbonyl (C=O) groups excluding carboxylic acids is 4. The molecule has 0 bridgehead atoms. The van der Waals surface area contributed by atoms with Crippen molar-refractivity contribution >= 4 is 23.1 Å². The lowest BCUT2D eigenvalue weighted by Crippen LogP contribution is -2.62. The van der Waals surface area contributed by atoms with E-state index in [4.69, 9.17) is 0 Å². The molecule has 0 radical (unpaired) electrons. The topological polar surface area (TPSA) is 190 Å². The lowest BCUT2D eigenvalue weighted by molar-refractivity contribution is -0.137. The third kappa shape index (κ3) is 17.2. The summed E-state index contributed by atoms with van der Waals surface area (Å²) in [4.78, 5) is 65.4. The van der Waals surface area contributed by atoms with E-state index in [0.29, 0.717) is 149 Å². The van der Waals surface area contributed by atoms with Gasteiger partial charge in [0.2, 0.25) is 0 Å². The SMILES string of the molecule is CC(C)(C)C(=O)C1C(C(C)(C)C)C2C3CCCNC3NC2N1C(C)(C)C.CC(C)(C)C(=O)C1C(C(C)(C)C)C2C3CCNCC3NC2N1C(C)(C)C.CC(C)(C)C(=O)C1C(C2CCCCC2)C2C3CCCNC3NC2N1C(C)(C)C.CC(C)(C)C(=O)C1C(C2CCCCC2)C2C3NCNCC3NC2N1C(C)(C)C. The van der Waals surface area contributed by atoms with E-state index in [1.807, 2.05) is 0 Å². The minimum Gasteiger partial charge on any atom is -0.315 e. The first-order chi connectivity index (χ1) is 49.7. The van der Waals surface area contributed by atoms with E-state index in [2.05, 4.69) is 275 Å². The van der Waals surface area contributed by atoms with Gasteiger partial charge in [-0.05, 0) is 217 Å². The van der Waals surface area contributed by atoms with Crippen LogP contribution in [0.4, 0.5) is 0 Å². The van der Waals surface area contributed by atoms with Crippen LogP contribution in [0.2, 0.25) is 0 Å². The summed E-state index contributed by atoms with van der Waals surface area (Å²) in [5.74, 6) is 9.05. The second-order valence-electron chi connectivity index (χ2n) is 47.7. The Kier molecular flexibility index (Phi) is 25.4. The molecule has 0 aromatic heterocycles. The summed E-state index contributed by atoms with van der Waals surface area (Å²) < 4.78 is 0. The maximum atomic E-state index is 13.9. The lowest BCUT2D eigenvalue weighted by Gasteiger charge is -2.46. The van der Waals surface area contributed by atoms with Gasteiger partial charge in [-0.3, -0.25) is 65.4 Å². The van der Waals surface area contributed by atoms with Crippen LogP contribution in [-0.2, 0) is 19.2 Å². The van der Waals surface area contributed by atoms with Crippen LogP contribution in [0.25, 0.3) is 0 Å². The Bertz CT molecular complexity index is 2880. The zero-order valence-electron chi connectivity index (χ0n) is 74.8. The number of carbonyl (C=O) groups is 4. The highest BCUT2D eigenvalue weighted by molar-refractivity contribution is 5.91. The van der Waals surface area contributed by atoms with E-state index in [-0.39, 0.29) is 85.0 Å². The van der Waals surface area contributed by atoms with Crippen LogP contribution < -0.4 is 47.9 Å². The molecule has 24 atom stereocenters. The molecule has 9 N–H and O–H groups in total. The Morgan fingerprint density at radius 3 is 1.03 bits per heavy atom. The number of rotatable bonds is 6. The number of fused-ring (bicyclic) bond motifs is 12. The molecule has 17 heteroatoms. The minimum absolute atomic E-state index is 0.00617. The molecule has 14 rings (SSSR count). The fourth-order valence-corrected chi connectivity index (χ4v) is 25.7. The van der Waals surface area contributed by atoms with Gasteiger partial charge in [0.15, 0.2) is 23.1 Å². The maximum Gasteiger partial charge on any atom is 0.155 e. The average Bonchev–Trinajstić information content (AvgIpc) is 1.56. The quantitative estimate of drug-likeness (QED) is 0.122. The van der Waals surface area contributed by atoms with Crippen LogP contribution in [0.1, 0.15) is 304 Å². The van der Waals surface area contributed by atoms with E-state index >= 15 is 0 Å². The molecule has 12 aliphatic heterocycles. The molecule has 0 spiro atoms. The standard InChI is InChI=1S/C24H43N3O.C23H42N4O.2C22H41N3O/c1-23(2,3)20(28)19-17(15-11-8-7-9-12-15)18-16-13-10-14-25-21(16)26-22(18)27(19)24(4,5)6;1-22(2,3)20(28)19-16(14-10-8-7-9-11-14)17-18-15(12-24-13-25-18)26-21(17)27(19)23(4,5)6;1-20(2,3)16-15-13-10-11-23-12-14(13)24-19(15)25(22(7,8)9)17(16)18(26)21(4,5)6;1-20(2,3)15-14-13-11-10-12-23-18(13)24-19(14)25(22(7,8)9)16(15)17(26)21(4,5)6/h15-19,21-22,25-26H,7-14H2,1-6H3;14-19,21,24-26H,7-13H2,1-6H3;13-17,19,23-24H,10-12H2,1-9H3;13-16,18-19,23-24H,10-12H2,1-9H3. The van der Waals surface area contributed by atoms with Crippen molar-refractivity contribution in [3.8, 4) is 0 Å². The summed E-state index contributed by atoms with van der Waals surface area (Å²) in [6, 6.07) is 1.55. The Morgan fingerprint density at radius 2 is 0.630 bits per heavy atom. The van der Waals surface area contributed by atoms with Crippen LogP contribution >= 0.6 is 0 Å². The second-order valence-corrected chi connectivity index (χ2v) is 47.7. The molecule has 12 heterocycles. The van der Waals surface area contributed by atoms with Crippen LogP contribution in [-0.4, -0.2) is 184 Å². The molecular formula is C91H167N13O4. The fourth-order valence-electron chi connectivity index (χ4n) is 25.7. The van der Waals surface area contributed by atoms with E-state index in [1.165, 1.54) is 96.3 Å². The van der Waals surface area contributed by atoms with Gasteiger partial charge in [0.25, 0.3) is 0 Å². The number of hydrogen-bond acceptors (Lipinski definition) is 17. The highest BCUT2D eigenvalue weighted by Crippen LogP contribution is 2.60. The van der Waals surface area contributed by atoms with Crippen LogP contribution in [0.5, 0.6) is 0 Å². The van der Waals surface area contributed by atoms with Crippen molar-refractivity contribution in [2.24, 2.45) is 109 Å². The average molecular weight is 1510 g/mol. The zero-order chi connectivity index (χ0) is 79.8. The molecular weight excluding hydrogens is 1340 g/mol. The molecule has 17 nitrogen and oxygen atoms in total. The van der Waals surface area contributed by atoms with Crippen molar-refractivity contribution in [2.45, 2.75) is 405 Å². The molecule has 0 aromatic carbocycles. The van der Waals surface area contributed by atoms with Gasteiger partial charge in [0, 0.05) is 87.6 Å². The Balaban J connectivity index is 0.000000143. The van der Waals surface area contributed by atoms with Crippen LogP contribution in [0, 0.1) is 109 Å². The normalized spacial score (nSPS) is 39.7. The molecule has 2 aliphatic carbocycles. The van der Waals surface area contributed by atoms with Crippen molar-refractivity contribution in [2.75, 3.05) is 39.4 Å². The van der Waals surface area contributed by atoms with E-state index in [9.17, 15) is 19.2 Å². The summed E-state index contributed by atoms with van der Waals surface area (Å²) in [5.41, 5.74) is -1.16. The van der Waals surface area contributed by atoms with Gasteiger partial charge >= 0.3 is 0 Å². The molecule has 2 saturated carbocycles. The first kappa shape index (κ1) is 87.0. The molecule has 0 amide bonds. The molecule has 108 heavy (non-hydrogen) atoms. The molecule has 0 aromatic rings. The highest BCUT2D eigenvalue weighted by Gasteiger charge is 2.69. The first-order valence-corrected chi connectivity index (χ1v) is 44.7. The Morgan fingerprint density at radius 1 is 0.296 bits per heavy atom. The number of ketones is 4. The predicted molar refractivity (Wildman–Crippen MR) is 444 cm³/mol. The number of nitrogens with zero attached hydrogens (tertiary/aromatic N) is 4. The van der Waals surface area contributed by atoms with Crippen molar-refractivity contribution in [1.29, 1.82) is 0 Å². The van der Waals surface area contributed by atoms with Crippen LogP contribution in [0.3, 0.4) is 0 Å². The van der Waals surface area contributed by atoms with Gasteiger partial charge in [0.05, 0.1) is 61.2 Å². The summed E-state index contributed by atoms with van der Waals surface area (Å²) in [6.07, 6.45) is 21.8. The predicted octanol–water partition coefficient (Wildman–Crippen LogP) is 13.8. The number of piperidine rings is 3. The van der Waals surface area contributed by atoms with E-state index in [1.54, 1.807) is 0 Å². The van der Waals surface area contributed by atoms with E-state index < -0.39 is 0 Å². The number of Topliss-reactive ketones (excluding diaryl/α,β-unsaturated/α-hetero) is 4. The molecule has 14 fully saturated rings. The Labute approximate surface area is 660 Å². The molecule has 620 valence electrons. The molecule has 24 unspecified atom stereocenters. The smallest absolute Gasteiger partial charge is 0.155 e. The summed E-state index contributed by atoms with van der Waals surface area (Å²) in [6.45, 7) is 73.1. The van der Waals surface area contributed by atoms with Gasteiger partial charge < -0.3 is 21.3 Å². The minimum atomic E-state index is -0.319. The third-order valence-corrected chi connectivity index (χ3v) is 29.7. The maximum absolute atomic E-state index is 13.9. The van der Waals surface area contributed by atoms with Crippen molar-refractivity contribution < 1.29 is 19.2 Å². The zero-order valence-corrected chi connectivity index (χ0v) is 74.8. The number of likely N-dealkylation sites (tertiary alicyclic amines) is 4. The van der Waals surface area contributed by atoms with Gasteiger partial charge in [-0.1, -0.05) is 189 Å². The fraction of sp³-hybridized carbons (Fsp3) is 0.956. The number of nitrogens with one attached hydrogen (secondary N) is 9. The number of hydrogen-bond donors (Lipinski definition) is 9. The molecule has 12 saturated heterocycles. The summed E-state index contributed by atoms with van der Waals surface area (Å²) in [7, 11) is 0. The molecule has 14 aliphatic rings. The van der Waals surface area contributed by atoms with Crippen molar-refractivity contribution in [1.82, 2.24) is 67.5 Å². The largest absolute Gasteiger partial charge is 0.315 e. The Hall–Kier alpha value is -1.84. The summed E-state index contributed by atoms with van der Waals surface area (Å²) in [5, 5.41) is 34.1. The lowest BCUT2D eigenvalue weighted by atomic mass is 9.64. The van der Waals surface area contributed by atoms with Gasteiger partial charge in [-0.15, -0.1) is 0 Å². The summed E-state index contributed by atoms with van der Waals surface area (Å²) >= 11 is 0. The third-order valence-electron chi connectivity index (χ3n) is 29.7. The van der Waals surface area contributed by atoms with Gasteiger partial charge in [-0.2, -0.15) is 0 Å². The monoisotopic (exact) mass is 1510 g/mol. The highest BCUT2D eigenvalue weighted by atomic mass is 16.1. The van der Waals surface area contributed by atoms with Crippen molar-refractivity contribution in [3.63, 3.8) is 0 Å². The van der Waals surface area contributed by atoms with Crippen molar-refractivity contribution in [3.05, 3.63) is 0 Å². The second kappa shape index (κ2) is 31.6.